The van der Waals surface area contributed by atoms with Crippen molar-refractivity contribution in [1.29, 1.82) is 5.26 Å². The lowest BCUT2D eigenvalue weighted by Crippen LogP contribution is -2.02. The molecule has 0 radical (unpaired) electrons. The number of ether oxygens (including phenoxy) is 1. The molecule has 0 bridgehead atoms. The zero-order valence-corrected chi connectivity index (χ0v) is 7.48. The Labute approximate surface area is 78.1 Å². The number of rotatable bonds is 2. The van der Waals surface area contributed by atoms with Gasteiger partial charge in [-0.3, -0.25) is 0 Å². The Balaban J connectivity index is 2.61. The van der Waals surface area contributed by atoms with Gasteiger partial charge in [0.1, 0.15) is 10.9 Å². The van der Waals surface area contributed by atoms with Gasteiger partial charge in [0, 0.05) is 5.38 Å². The third-order valence-corrected chi connectivity index (χ3v) is 2.29. The minimum atomic E-state index is -0.506. The van der Waals surface area contributed by atoms with Gasteiger partial charge in [0.05, 0.1) is 5.02 Å². The molecule has 12 heavy (non-hydrogen) atoms. The Hall–Kier alpha value is -1.05. The number of hydrogen-bond donors (Lipinski definition) is 0. The standard InChI is InChI=1S/C7H4ClNO2S/c8-5-3-6(12-4-5)7(10)11-2-1-9/h3-4H,2H2. The van der Waals surface area contributed by atoms with Crippen LogP contribution in [0.15, 0.2) is 11.4 Å². The highest BCUT2D eigenvalue weighted by Gasteiger charge is 2.08. The normalized spacial score (nSPS) is 9.00. The van der Waals surface area contributed by atoms with Gasteiger partial charge in [-0.2, -0.15) is 5.26 Å². The van der Waals surface area contributed by atoms with E-state index in [1.165, 1.54) is 17.4 Å². The molecule has 0 aliphatic carbocycles. The summed E-state index contributed by atoms with van der Waals surface area (Å²) in [5.74, 6) is -0.506. The van der Waals surface area contributed by atoms with Crippen molar-refractivity contribution < 1.29 is 9.53 Å². The first-order valence-electron chi connectivity index (χ1n) is 3.02. The number of carbonyl (C=O) groups is 1. The minimum Gasteiger partial charge on any atom is -0.446 e. The molecule has 0 unspecified atom stereocenters. The molecule has 5 heteroatoms. The molecule has 62 valence electrons. The predicted molar refractivity (Wildman–Crippen MR) is 45.2 cm³/mol. The lowest BCUT2D eigenvalue weighted by atomic mass is 10.5. The first kappa shape index (κ1) is 9.04. The Kier molecular flexibility index (Phi) is 3.09. The van der Waals surface area contributed by atoms with E-state index in [9.17, 15) is 4.79 Å². The van der Waals surface area contributed by atoms with Gasteiger partial charge >= 0.3 is 5.97 Å². The molecule has 0 saturated carbocycles. The monoisotopic (exact) mass is 201 g/mol. The Morgan fingerprint density at radius 2 is 2.58 bits per heavy atom. The zero-order valence-electron chi connectivity index (χ0n) is 5.91. The number of nitriles is 1. The third kappa shape index (κ3) is 2.22. The number of nitrogens with zero attached hydrogens (tertiary/aromatic N) is 1. The summed E-state index contributed by atoms with van der Waals surface area (Å²) in [6.07, 6.45) is 0. The summed E-state index contributed by atoms with van der Waals surface area (Å²) in [7, 11) is 0. The second-order valence-corrected chi connectivity index (χ2v) is 3.21. The van der Waals surface area contributed by atoms with Crippen molar-refractivity contribution in [3.05, 3.63) is 21.3 Å². The molecule has 1 heterocycles. The Morgan fingerprint density at radius 3 is 3.08 bits per heavy atom. The molecule has 0 atom stereocenters. The average Bonchev–Trinajstić information content (AvgIpc) is 2.47. The van der Waals surface area contributed by atoms with E-state index in [1.54, 1.807) is 11.4 Å². The maximum atomic E-state index is 11.0. The fourth-order valence-electron chi connectivity index (χ4n) is 0.589. The van der Waals surface area contributed by atoms with Gasteiger partial charge in [0.2, 0.25) is 0 Å². The van der Waals surface area contributed by atoms with E-state index >= 15 is 0 Å². The van der Waals surface area contributed by atoms with Crippen molar-refractivity contribution in [2.24, 2.45) is 0 Å². The lowest BCUT2D eigenvalue weighted by Gasteiger charge is -1.94. The van der Waals surface area contributed by atoms with Crippen LogP contribution >= 0.6 is 22.9 Å². The molecule has 0 spiro atoms. The number of thiophene rings is 1. The van der Waals surface area contributed by atoms with Crippen LogP contribution in [0.3, 0.4) is 0 Å². The number of carbonyl (C=O) groups excluding carboxylic acids is 1. The SMILES string of the molecule is N#CCOC(=O)c1cc(Cl)cs1. The maximum absolute atomic E-state index is 11.0. The highest BCUT2D eigenvalue weighted by atomic mass is 35.5. The van der Waals surface area contributed by atoms with Crippen molar-refractivity contribution >= 4 is 28.9 Å². The van der Waals surface area contributed by atoms with Gasteiger partial charge in [-0.25, -0.2) is 4.79 Å². The van der Waals surface area contributed by atoms with Crippen LogP contribution in [0.25, 0.3) is 0 Å². The number of hydrogen-bond acceptors (Lipinski definition) is 4. The highest BCUT2D eigenvalue weighted by molar-refractivity contribution is 7.12. The Morgan fingerprint density at radius 1 is 1.83 bits per heavy atom. The summed E-state index contributed by atoms with van der Waals surface area (Å²) < 4.78 is 4.54. The van der Waals surface area contributed by atoms with E-state index in [0.29, 0.717) is 9.90 Å². The second-order valence-electron chi connectivity index (χ2n) is 1.86. The molecular weight excluding hydrogens is 198 g/mol. The van der Waals surface area contributed by atoms with Crippen LogP contribution in [-0.2, 0) is 4.74 Å². The molecule has 0 amide bonds. The van der Waals surface area contributed by atoms with Gasteiger partial charge in [-0.05, 0) is 6.07 Å². The molecule has 0 aliphatic heterocycles. The third-order valence-electron chi connectivity index (χ3n) is 1.04. The average molecular weight is 202 g/mol. The highest BCUT2D eigenvalue weighted by Crippen LogP contribution is 2.19. The molecule has 1 rings (SSSR count). The number of esters is 1. The van der Waals surface area contributed by atoms with Crippen LogP contribution in [0.4, 0.5) is 0 Å². The van der Waals surface area contributed by atoms with Gasteiger partial charge in [0.15, 0.2) is 6.61 Å². The number of halogens is 1. The predicted octanol–water partition coefficient (Wildman–Crippen LogP) is 2.08. The van der Waals surface area contributed by atoms with E-state index in [2.05, 4.69) is 4.74 Å². The van der Waals surface area contributed by atoms with Crippen molar-refractivity contribution in [3.8, 4) is 6.07 Å². The summed E-state index contributed by atoms with van der Waals surface area (Å²) in [6.45, 7) is -0.228. The molecule has 1 aromatic rings. The van der Waals surface area contributed by atoms with E-state index in [0.717, 1.165) is 0 Å². The van der Waals surface area contributed by atoms with Crippen LogP contribution in [0.5, 0.6) is 0 Å². The second kappa shape index (κ2) is 4.10. The van der Waals surface area contributed by atoms with Crippen molar-refractivity contribution in [1.82, 2.24) is 0 Å². The molecule has 0 N–H and O–H groups in total. The molecule has 1 aromatic heterocycles. The van der Waals surface area contributed by atoms with E-state index in [4.69, 9.17) is 16.9 Å². The van der Waals surface area contributed by atoms with Gasteiger partial charge in [-0.1, -0.05) is 11.6 Å². The summed E-state index contributed by atoms with van der Waals surface area (Å²) >= 11 is 6.77. The smallest absolute Gasteiger partial charge is 0.349 e. The van der Waals surface area contributed by atoms with Gasteiger partial charge in [-0.15, -0.1) is 11.3 Å². The largest absolute Gasteiger partial charge is 0.446 e. The molecule has 0 fully saturated rings. The van der Waals surface area contributed by atoms with Crippen LogP contribution in [0.2, 0.25) is 5.02 Å². The minimum absolute atomic E-state index is 0.228. The summed E-state index contributed by atoms with van der Waals surface area (Å²) in [5, 5.41) is 10.3. The van der Waals surface area contributed by atoms with Gasteiger partial charge < -0.3 is 4.74 Å². The quantitative estimate of drug-likeness (QED) is 0.689. The molecule has 3 nitrogen and oxygen atoms in total. The summed E-state index contributed by atoms with van der Waals surface area (Å²) in [5.41, 5.74) is 0. The van der Waals surface area contributed by atoms with E-state index < -0.39 is 5.97 Å². The lowest BCUT2D eigenvalue weighted by molar-refractivity contribution is 0.0560. The van der Waals surface area contributed by atoms with Crippen LogP contribution < -0.4 is 0 Å². The fourth-order valence-corrected chi connectivity index (χ4v) is 1.55. The summed E-state index contributed by atoms with van der Waals surface area (Å²) in [4.78, 5) is 11.4. The fraction of sp³-hybridized carbons (Fsp3) is 0.143. The molecule has 0 aromatic carbocycles. The van der Waals surface area contributed by atoms with Crippen molar-refractivity contribution in [2.45, 2.75) is 0 Å². The van der Waals surface area contributed by atoms with Crippen molar-refractivity contribution in [3.63, 3.8) is 0 Å². The summed E-state index contributed by atoms with van der Waals surface area (Å²) in [6, 6.07) is 3.21. The maximum Gasteiger partial charge on any atom is 0.349 e. The van der Waals surface area contributed by atoms with Crippen molar-refractivity contribution in [2.75, 3.05) is 6.61 Å². The Bertz CT molecular complexity index is 328. The van der Waals surface area contributed by atoms with Gasteiger partial charge in [0.25, 0.3) is 0 Å². The molecular formula is C7H4ClNO2S. The van der Waals surface area contributed by atoms with E-state index in [-0.39, 0.29) is 6.61 Å². The van der Waals surface area contributed by atoms with E-state index in [1.807, 2.05) is 0 Å². The van der Waals surface area contributed by atoms with Crippen LogP contribution in [0, 0.1) is 11.3 Å². The van der Waals surface area contributed by atoms with Crippen LogP contribution in [0.1, 0.15) is 9.67 Å². The first-order valence-corrected chi connectivity index (χ1v) is 4.28. The molecule has 0 saturated heterocycles. The first-order chi connectivity index (χ1) is 5.74. The zero-order chi connectivity index (χ0) is 8.97. The topological polar surface area (TPSA) is 50.1 Å². The van der Waals surface area contributed by atoms with Crippen LogP contribution in [-0.4, -0.2) is 12.6 Å². The molecule has 0 aliphatic rings.